The maximum atomic E-state index is 6.06. The largest absolute Gasteiger partial charge is 0.396 e. The molecule has 2 N–H and O–H groups in total. The third-order valence-corrected chi connectivity index (χ3v) is 4.01. The molecule has 94 valence electrons. The van der Waals surface area contributed by atoms with E-state index in [0.717, 1.165) is 30.4 Å². The predicted molar refractivity (Wildman–Crippen MR) is 75.7 cm³/mol. The van der Waals surface area contributed by atoms with Gasteiger partial charge < -0.3 is 10.6 Å². The smallest absolute Gasteiger partial charge is 0.0741 e. The van der Waals surface area contributed by atoms with E-state index in [1.54, 1.807) is 0 Å². The van der Waals surface area contributed by atoms with E-state index in [1.807, 2.05) is 12.1 Å². The van der Waals surface area contributed by atoms with Crippen LogP contribution in [0.15, 0.2) is 18.2 Å². The summed E-state index contributed by atoms with van der Waals surface area (Å²) in [4.78, 5) is 2.37. The Morgan fingerprint density at radius 1 is 1.35 bits per heavy atom. The Labute approximate surface area is 109 Å². The van der Waals surface area contributed by atoms with E-state index in [2.05, 4.69) is 17.9 Å². The van der Waals surface area contributed by atoms with Crippen molar-refractivity contribution in [2.75, 3.05) is 23.7 Å². The lowest BCUT2D eigenvalue weighted by Crippen LogP contribution is -2.34. The molecule has 1 aliphatic rings. The number of nitrogens with zero attached hydrogens (tertiary/aromatic N) is 1. The number of nitrogens with two attached hydrogens (primary N) is 1. The summed E-state index contributed by atoms with van der Waals surface area (Å²) < 4.78 is 0. The highest BCUT2D eigenvalue weighted by atomic mass is 35.5. The number of rotatable bonds is 3. The highest BCUT2D eigenvalue weighted by Gasteiger charge is 2.20. The first-order chi connectivity index (χ1) is 8.22. The van der Waals surface area contributed by atoms with Crippen LogP contribution in [0.2, 0.25) is 5.02 Å². The van der Waals surface area contributed by atoms with Crippen molar-refractivity contribution in [2.24, 2.45) is 5.92 Å². The molecule has 0 spiro atoms. The van der Waals surface area contributed by atoms with Crippen molar-refractivity contribution in [3.05, 3.63) is 23.2 Å². The molecule has 0 atom stereocenters. The molecule has 3 heteroatoms. The Bertz CT molecular complexity index is 370. The maximum Gasteiger partial charge on any atom is 0.0741 e. The van der Waals surface area contributed by atoms with Crippen molar-refractivity contribution in [2.45, 2.75) is 32.6 Å². The van der Waals surface area contributed by atoms with Gasteiger partial charge in [-0.3, -0.25) is 0 Å². The predicted octanol–water partition coefficient (Wildman–Crippen LogP) is 3.94. The molecule has 17 heavy (non-hydrogen) atoms. The molecule has 2 rings (SSSR count). The zero-order chi connectivity index (χ0) is 12.3. The van der Waals surface area contributed by atoms with Crippen LogP contribution in [0.5, 0.6) is 0 Å². The number of halogens is 1. The molecule has 0 radical (unpaired) electrons. The molecule has 1 aromatic rings. The van der Waals surface area contributed by atoms with Crippen LogP contribution in [0.25, 0.3) is 0 Å². The standard InChI is InChI=1S/C14H21ClN2/c1-2-4-11-7-9-17(10-8-11)13-6-3-5-12(15)14(13)16/h3,5-6,11H,2,4,7-10,16H2,1H3. The highest BCUT2D eigenvalue weighted by molar-refractivity contribution is 6.33. The van der Waals surface area contributed by atoms with Crippen LogP contribution in [0, 0.1) is 5.92 Å². The van der Waals surface area contributed by atoms with Crippen LogP contribution in [-0.2, 0) is 0 Å². The lowest BCUT2D eigenvalue weighted by Gasteiger charge is -2.34. The lowest BCUT2D eigenvalue weighted by atomic mass is 9.92. The van der Waals surface area contributed by atoms with Crippen LogP contribution in [0.3, 0.4) is 0 Å². The number of anilines is 2. The minimum atomic E-state index is 0.665. The molecule has 0 bridgehead atoms. The molecule has 1 fully saturated rings. The van der Waals surface area contributed by atoms with Gasteiger partial charge in [0.1, 0.15) is 0 Å². The van der Waals surface area contributed by atoms with Gasteiger partial charge in [0.2, 0.25) is 0 Å². The normalized spacial score (nSPS) is 17.4. The van der Waals surface area contributed by atoms with Gasteiger partial charge >= 0.3 is 0 Å². The first-order valence-corrected chi connectivity index (χ1v) is 6.89. The molecule has 1 aliphatic heterocycles. The fourth-order valence-corrected chi connectivity index (χ4v) is 2.84. The monoisotopic (exact) mass is 252 g/mol. The zero-order valence-electron chi connectivity index (χ0n) is 10.5. The van der Waals surface area contributed by atoms with Crippen LogP contribution in [-0.4, -0.2) is 13.1 Å². The number of benzene rings is 1. The van der Waals surface area contributed by atoms with Crippen LogP contribution in [0.4, 0.5) is 11.4 Å². The van der Waals surface area contributed by atoms with Crippen molar-refractivity contribution >= 4 is 23.0 Å². The quantitative estimate of drug-likeness (QED) is 0.826. The van der Waals surface area contributed by atoms with Gasteiger partial charge in [-0.2, -0.15) is 0 Å². The number of piperidine rings is 1. The Morgan fingerprint density at radius 3 is 2.71 bits per heavy atom. The molecule has 1 aromatic carbocycles. The van der Waals surface area contributed by atoms with E-state index in [1.165, 1.54) is 25.7 Å². The molecule has 1 heterocycles. The molecule has 0 aromatic heterocycles. The van der Waals surface area contributed by atoms with Crippen LogP contribution < -0.4 is 10.6 Å². The number of hydrogen-bond donors (Lipinski definition) is 1. The highest BCUT2D eigenvalue weighted by Crippen LogP contribution is 2.33. The van der Waals surface area contributed by atoms with E-state index in [4.69, 9.17) is 17.3 Å². The number of nitrogen functional groups attached to an aromatic ring is 1. The summed E-state index contributed by atoms with van der Waals surface area (Å²) in [5.74, 6) is 0.900. The maximum absolute atomic E-state index is 6.06. The fraction of sp³-hybridized carbons (Fsp3) is 0.571. The van der Waals surface area contributed by atoms with Gasteiger partial charge in [0.05, 0.1) is 16.4 Å². The average molecular weight is 253 g/mol. The Kier molecular flexibility index (Phi) is 4.16. The Morgan fingerprint density at radius 2 is 2.06 bits per heavy atom. The second-order valence-corrected chi connectivity index (χ2v) is 5.30. The minimum Gasteiger partial charge on any atom is -0.396 e. The Balaban J connectivity index is 2.03. The van der Waals surface area contributed by atoms with Gasteiger partial charge in [-0.1, -0.05) is 37.4 Å². The number of hydrogen-bond acceptors (Lipinski definition) is 2. The van der Waals surface area contributed by atoms with E-state index in [-0.39, 0.29) is 0 Å². The van der Waals surface area contributed by atoms with Gasteiger partial charge in [-0.25, -0.2) is 0 Å². The van der Waals surface area contributed by atoms with Gasteiger partial charge in [-0.05, 0) is 30.9 Å². The molecular formula is C14H21ClN2. The van der Waals surface area contributed by atoms with Gasteiger partial charge in [0, 0.05) is 13.1 Å². The summed E-state index contributed by atoms with van der Waals surface area (Å²) in [6, 6.07) is 5.90. The fourth-order valence-electron chi connectivity index (χ4n) is 2.67. The molecule has 0 unspecified atom stereocenters. The van der Waals surface area contributed by atoms with Crippen molar-refractivity contribution < 1.29 is 0 Å². The van der Waals surface area contributed by atoms with Crippen molar-refractivity contribution in [1.29, 1.82) is 0 Å². The van der Waals surface area contributed by atoms with Gasteiger partial charge in [0.15, 0.2) is 0 Å². The van der Waals surface area contributed by atoms with Crippen molar-refractivity contribution in [1.82, 2.24) is 0 Å². The van der Waals surface area contributed by atoms with E-state index in [0.29, 0.717) is 5.02 Å². The molecule has 0 aliphatic carbocycles. The van der Waals surface area contributed by atoms with Gasteiger partial charge in [0.25, 0.3) is 0 Å². The zero-order valence-corrected chi connectivity index (χ0v) is 11.2. The molecule has 0 saturated carbocycles. The minimum absolute atomic E-state index is 0.665. The molecule has 2 nitrogen and oxygen atoms in total. The SMILES string of the molecule is CCCC1CCN(c2cccc(Cl)c2N)CC1. The summed E-state index contributed by atoms with van der Waals surface area (Å²) in [5.41, 5.74) is 7.86. The summed E-state index contributed by atoms with van der Waals surface area (Å²) in [5, 5.41) is 0.665. The van der Waals surface area contributed by atoms with Crippen molar-refractivity contribution in [3.63, 3.8) is 0 Å². The van der Waals surface area contributed by atoms with E-state index >= 15 is 0 Å². The first kappa shape index (κ1) is 12.6. The Hall–Kier alpha value is -0.890. The molecular weight excluding hydrogens is 232 g/mol. The van der Waals surface area contributed by atoms with Crippen LogP contribution in [0.1, 0.15) is 32.6 Å². The van der Waals surface area contributed by atoms with Gasteiger partial charge in [-0.15, -0.1) is 0 Å². The summed E-state index contributed by atoms with van der Waals surface area (Å²) in [6.07, 6.45) is 5.21. The topological polar surface area (TPSA) is 29.3 Å². The summed E-state index contributed by atoms with van der Waals surface area (Å²) >= 11 is 6.06. The van der Waals surface area contributed by atoms with Crippen molar-refractivity contribution in [3.8, 4) is 0 Å². The number of para-hydroxylation sites is 1. The average Bonchev–Trinajstić information content (AvgIpc) is 2.34. The third-order valence-electron chi connectivity index (χ3n) is 3.68. The third kappa shape index (κ3) is 2.86. The van der Waals surface area contributed by atoms with Crippen LogP contribution >= 0.6 is 11.6 Å². The van der Waals surface area contributed by atoms with E-state index < -0.39 is 0 Å². The molecule has 1 saturated heterocycles. The molecule has 0 amide bonds. The summed E-state index contributed by atoms with van der Waals surface area (Å²) in [7, 11) is 0. The first-order valence-electron chi connectivity index (χ1n) is 6.51. The summed E-state index contributed by atoms with van der Waals surface area (Å²) in [6.45, 7) is 4.48. The second kappa shape index (κ2) is 5.63. The van der Waals surface area contributed by atoms with E-state index in [9.17, 15) is 0 Å². The lowest BCUT2D eigenvalue weighted by molar-refractivity contribution is 0.378. The second-order valence-electron chi connectivity index (χ2n) is 4.89.